The topological polar surface area (TPSA) is 9.23 Å². The van der Waals surface area contributed by atoms with Gasteiger partial charge in [0.2, 0.25) is 6.71 Å². The molecule has 13 rings (SSSR count). The van der Waals surface area contributed by atoms with Crippen LogP contribution in [0.4, 0.5) is 0 Å². The highest BCUT2D eigenvalue weighted by Crippen LogP contribution is 2.47. The Hall–Kier alpha value is -6.04. The van der Waals surface area contributed by atoms with Gasteiger partial charge in [-0.05, 0) is 103 Å². The summed E-state index contributed by atoms with van der Waals surface area (Å²) < 4.78 is 7.28. The summed E-state index contributed by atoms with van der Waals surface area (Å²) in [6.45, 7) is 0.189. The Balaban J connectivity index is 1.02. The second kappa shape index (κ2) is 13.8. The predicted octanol–water partition coefficient (Wildman–Crippen LogP) is 10.9. The van der Waals surface area contributed by atoms with Gasteiger partial charge in [0.25, 0.3) is 6.71 Å². The maximum Gasteiger partial charge on any atom is 0.253 e. The smallest absolute Gasteiger partial charge is 0.253 e. The highest BCUT2D eigenvalue weighted by Gasteiger charge is 2.44. The van der Waals surface area contributed by atoms with E-state index in [0.29, 0.717) is 0 Å². The van der Waals surface area contributed by atoms with Crippen molar-refractivity contribution >= 4 is 81.5 Å². The largest absolute Gasteiger partial charge is 0.458 e. The molecule has 9 aromatic carbocycles. The van der Waals surface area contributed by atoms with Gasteiger partial charge in [-0.25, -0.2) is 0 Å². The van der Waals surface area contributed by atoms with E-state index in [-0.39, 0.29) is 13.4 Å². The van der Waals surface area contributed by atoms with Crippen LogP contribution in [0.15, 0.2) is 223 Å². The van der Waals surface area contributed by atoms with E-state index >= 15 is 0 Å². The van der Waals surface area contributed by atoms with Crippen molar-refractivity contribution in [2.75, 3.05) is 0 Å². The molecule has 0 amide bonds. The normalized spacial score (nSPS) is 13.5. The molecular formula is C54H32B2OS3. The van der Waals surface area contributed by atoms with Gasteiger partial charge in [0.15, 0.2) is 0 Å². The standard InChI is InChI=1S/C54H32B2OS3/c1-4-15-33(16-5-1)36-28-50-54-51(29-36)60-48-32-44-42(31-43(48)56(54)41-24-11-13-26-47(41)59-50)55-40-23-10-12-25-46(40)58-49-30-37(27-45(57-44)53(49)55)52-38(34-17-6-2-7-18-34)21-14-22-39(52)35-19-8-3-9-20-35/h1-32H. The molecule has 0 aliphatic carbocycles. The number of ether oxygens (including phenoxy) is 1. The molecular weight excluding hydrogens is 782 g/mol. The molecule has 4 heterocycles. The molecule has 0 aromatic heterocycles. The number of hydrogen-bond donors (Lipinski definition) is 0. The van der Waals surface area contributed by atoms with Gasteiger partial charge in [-0.3, -0.25) is 0 Å². The first-order chi connectivity index (χ1) is 29.7. The molecule has 4 aliphatic rings. The molecule has 0 unspecified atom stereocenters. The van der Waals surface area contributed by atoms with Crippen LogP contribution in [0.2, 0.25) is 0 Å². The summed E-state index contributed by atoms with van der Waals surface area (Å²) in [6, 6.07) is 71.7. The first-order valence-electron chi connectivity index (χ1n) is 20.5. The van der Waals surface area contributed by atoms with Crippen molar-refractivity contribution in [1.82, 2.24) is 0 Å². The van der Waals surface area contributed by atoms with Gasteiger partial charge in [-0.2, -0.15) is 0 Å². The van der Waals surface area contributed by atoms with Gasteiger partial charge in [0.05, 0.1) is 0 Å². The fourth-order valence-electron chi connectivity index (χ4n) is 9.91. The third kappa shape index (κ3) is 5.41. The molecule has 0 N–H and O–H groups in total. The quantitative estimate of drug-likeness (QED) is 0.164. The van der Waals surface area contributed by atoms with Crippen LogP contribution in [0.25, 0.3) is 44.5 Å². The SMILES string of the molecule is c1ccc(-c2cc3c4c(c2)Sc2cc5c(cc2B4c2ccccc2S3)B2c3ccccc3Sc3cc(-c4c(-c6ccccc6)cccc4-c4ccccc4)cc(c32)O5)cc1. The Morgan fingerprint density at radius 3 is 1.42 bits per heavy atom. The summed E-state index contributed by atoms with van der Waals surface area (Å²) in [7, 11) is 0. The average Bonchev–Trinajstić information content (AvgIpc) is 3.31. The maximum atomic E-state index is 7.28. The van der Waals surface area contributed by atoms with Crippen LogP contribution in [-0.4, -0.2) is 13.4 Å². The summed E-state index contributed by atoms with van der Waals surface area (Å²) in [5.74, 6) is 1.89. The molecule has 9 aromatic rings. The summed E-state index contributed by atoms with van der Waals surface area (Å²) in [4.78, 5) is 7.85. The molecule has 0 atom stereocenters. The second-order valence-corrected chi connectivity index (χ2v) is 19.1. The lowest BCUT2D eigenvalue weighted by molar-refractivity contribution is 0.485. The van der Waals surface area contributed by atoms with Gasteiger partial charge in [0, 0.05) is 29.4 Å². The van der Waals surface area contributed by atoms with Crippen molar-refractivity contribution in [3.05, 3.63) is 194 Å². The van der Waals surface area contributed by atoms with Crippen molar-refractivity contribution < 1.29 is 4.74 Å². The van der Waals surface area contributed by atoms with Gasteiger partial charge in [-0.15, -0.1) is 0 Å². The molecule has 0 radical (unpaired) electrons. The van der Waals surface area contributed by atoms with E-state index in [9.17, 15) is 0 Å². The minimum atomic E-state index is 0.0491. The Morgan fingerprint density at radius 1 is 0.300 bits per heavy atom. The predicted molar refractivity (Wildman–Crippen MR) is 256 cm³/mol. The zero-order valence-electron chi connectivity index (χ0n) is 32.3. The molecule has 278 valence electrons. The van der Waals surface area contributed by atoms with Crippen molar-refractivity contribution in [1.29, 1.82) is 0 Å². The van der Waals surface area contributed by atoms with Gasteiger partial charge >= 0.3 is 0 Å². The molecule has 0 bridgehead atoms. The molecule has 0 saturated heterocycles. The third-order valence-corrected chi connectivity index (χ3v) is 15.9. The van der Waals surface area contributed by atoms with Crippen molar-refractivity contribution in [3.63, 3.8) is 0 Å². The van der Waals surface area contributed by atoms with Crippen molar-refractivity contribution in [2.24, 2.45) is 0 Å². The zero-order valence-corrected chi connectivity index (χ0v) is 34.7. The number of fused-ring (bicyclic) bond motifs is 8. The monoisotopic (exact) mass is 814 g/mol. The van der Waals surface area contributed by atoms with Crippen LogP contribution >= 0.6 is 35.3 Å². The van der Waals surface area contributed by atoms with E-state index in [1.165, 1.54) is 101 Å². The molecule has 0 spiro atoms. The van der Waals surface area contributed by atoms with Crippen LogP contribution in [0.3, 0.4) is 0 Å². The summed E-state index contributed by atoms with van der Waals surface area (Å²) in [5, 5.41) is 0. The van der Waals surface area contributed by atoms with E-state index < -0.39 is 0 Å². The Morgan fingerprint density at radius 2 is 0.800 bits per heavy atom. The molecule has 6 heteroatoms. The van der Waals surface area contributed by atoms with Crippen molar-refractivity contribution in [2.45, 2.75) is 29.4 Å². The lowest BCUT2D eigenvalue weighted by Crippen LogP contribution is -2.62. The molecule has 60 heavy (non-hydrogen) atoms. The van der Waals surface area contributed by atoms with Crippen LogP contribution in [-0.2, 0) is 0 Å². The fraction of sp³-hybridized carbons (Fsp3) is 0. The minimum absolute atomic E-state index is 0.0491. The van der Waals surface area contributed by atoms with E-state index in [2.05, 4.69) is 194 Å². The Labute approximate surface area is 363 Å². The van der Waals surface area contributed by atoms with Gasteiger partial charge in [-0.1, -0.05) is 203 Å². The molecule has 1 nitrogen and oxygen atoms in total. The zero-order chi connectivity index (χ0) is 39.3. The maximum absolute atomic E-state index is 7.28. The number of rotatable bonds is 4. The molecule has 0 fully saturated rings. The summed E-state index contributed by atoms with van der Waals surface area (Å²) in [6.07, 6.45) is 0. The van der Waals surface area contributed by atoms with E-state index in [1.54, 1.807) is 0 Å². The number of hydrogen-bond acceptors (Lipinski definition) is 4. The van der Waals surface area contributed by atoms with Crippen LogP contribution < -0.4 is 37.5 Å². The fourth-order valence-corrected chi connectivity index (χ4v) is 13.6. The third-order valence-electron chi connectivity index (χ3n) is 12.5. The van der Waals surface area contributed by atoms with Gasteiger partial charge < -0.3 is 4.74 Å². The van der Waals surface area contributed by atoms with Gasteiger partial charge in [0.1, 0.15) is 11.5 Å². The first kappa shape index (κ1) is 34.8. The summed E-state index contributed by atoms with van der Waals surface area (Å²) >= 11 is 5.69. The second-order valence-electron chi connectivity index (χ2n) is 15.9. The lowest BCUT2D eigenvalue weighted by atomic mass is 9.32. The van der Waals surface area contributed by atoms with Crippen LogP contribution in [0.1, 0.15) is 0 Å². The Bertz CT molecular complexity index is 3170. The average molecular weight is 815 g/mol. The first-order valence-corrected chi connectivity index (χ1v) is 22.9. The number of benzene rings is 9. The highest BCUT2D eigenvalue weighted by molar-refractivity contribution is 8.01. The highest BCUT2D eigenvalue weighted by atomic mass is 32.2. The van der Waals surface area contributed by atoms with Crippen molar-refractivity contribution in [3.8, 4) is 56.0 Å². The Kier molecular flexibility index (Phi) is 7.97. The molecule has 4 aliphatic heterocycles. The molecule has 0 saturated carbocycles. The van der Waals surface area contributed by atoms with Crippen LogP contribution in [0, 0.1) is 0 Å². The van der Waals surface area contributed by atoms with Crippen LogP contribution in [0.5, 0.6) is 11.5 Å². The summed E-state index contributed by atoms with van der Waals surface area (Å²) in [5.41, 5.74) is 17.8. The van der Waals surface area contributed by atoms with E-state index in [1.807, 2.05) is 35.3 Å². The minimum Gasteiger partial charge on any atom is -0.458 e. The van der Waals surface area contributed by atoms with E-state index in [4.69, 9.17) is 4.74 Å². The van der Waals surface area contributed by atoms with E-state index in [0.717, 1.165) is 17.1 Å². The lowest BCUT2D eigenvalue weighted by Gasteiger charge is -2.37.